The first kappa shape index (κ1) is 13.7. The molecule has 0 radical (unpaired) electrons. The summed E-state index contributed by atoms with van der Waals surface area (Å²) in [5, 5.41) is 0. The smallest absolute Gasteiger partial charge is 0.0227 e. The Morgan fingerprint density at radius 2 is 1.64 bits per heavy atom. The molecule has 0 fully saturated rings. The maximum absolute atomic E-state index is 4.24. The SMILES string of the molecule is C=C(C(C)CC(C)(C)CC)[C@@H](C)CC. The maximum atomic E-state index is 4.24. The number of rotatable bonds is 6. The van der Waals surface area contributed by atoms with Crippen LogP contribution in [0.1, 0.15) is 60.8 Å². The summed E-state index contributed by atoms with van der Waals surface area (Å²) >= 11 is 0. The molecule has 0 heterocycles. The molecular formula is C14H28. The normalized spacial score (nSPS) is 16.4. The Kier molecular flexibility index (Phi) is 5.48. The van der Waals surface area contributed by atoms with E-state index in [4.69, 9.17) is 0 Å². The Morgan fingerprint density at radius 1 is 1.14 bits per heavy atom. The second-order valence-electron chi connectivity index (χ2n) is 5.51. The number of hydrogen-bond donors (Lipinski definition) is 0. The van der Waals surface area contributed by atoms with Gasteiger partial charge in [0.05, 0.1) is 0 Å². The van der Waals surface area contributed by atoms with Crippen LogP contribution in [0.4, 0.5) is 0 Å². The molecule has 0 spiro atoms. The van der Waals surface area contributed by atoms with Crippen molar-refractivity contribution < 1.29 is 0 Å². The summed E-state index contributed by atoms with van der Waals surface area (Å²) < 4.78 is 0. The summed E-state index contributed by atoms with van der Waals surface area (Å²) in [6.07, 6.45) is 3.74. The van der Waals surface area contributed by atoms with E-state index in [0.717, 1.165) is 0 Å². The van der Waals surface area contributed by atoms with Gasteiger partial charge in [-0.3, -0.25) is 0 Å². The van der Waals surface area contributed by atoms with Crippen molar-refractivity contribution in [1.82, 2.24) is 0 Å². The van der Waals surface area contributed by atoms with Gasteiger partial charge in [-0.15, -0.1) is 0 Å². The van der Waals surface area contributed by atoms with Crippen molar-refractivity contribution in [3.63, 3.8) is 0 Å². The van der Waals surface area contributed by atoms with Crippen molar-refractivity contribution in [3.05, 3.63) is 12.2 Å². The third kappa shape index (κ3) is 4.30. The van der Waals surface area contributed by atoms with Crippen LogP contribution in [0.3, 0.4) is 0 Å². The van der Waals surface area contributed by atoms with Gasteiger partial charge in [0.25, 0.3) is 0 Å². The first-order valence-electron chi connectivity index (χ1n) is 6.02. The molecule has 0 saturated heterocycles. The molecule has 14 heavy (non-hydrogen) atoms. The van der Waals surface area contributed by atoms with Crippen LogP contribution in [0, 0.1) is 17.3 Å². The monoisotopic (exact) mass is 196 g/mol. The van der Waals surface area contributed by atoms with Crippen LogP contribution in [0.15, 0.2) is 12.2 Å². The lowest BCUT2D eigenvalue weighted by Gasteiger charge is -2.29. The lowest BCUT2D eigenvalue weighted by Crippen LogP contribution is -2.17. The lowest BCUT2D eigenvalue weighted by atomic mass is 9.76. The summed E-state index contributed by atoms with van der Waals surface area (Å²) in [6, 6.07) is 0. The topological polar surface area (TPSA) is 0 Å². The van der Waals surface area contributed by atoms with Gasteiger partial charge in [-0.2, -0.15) is 0 Å². The predicted molar refractivity (Wildman–Crippen MR) is 66.4 cm³/mol. The molecule has 0 aromatic rings. The molecule has 84 valence electrons. The molecule has 0 aromatic heterocycles. The minimum atomic E-state index is 0.468. The Morgan fingerprint density at radius 3 is 2.00 bits per heavy atom. The molecule has 0 rings (SSSR count). The fourth-order valence-electron chi connectivity index (χ4n) is 1.85. The van der Waals surface area contributed by atoms with E-state index in [1.165, 1.54) is 24.8 Å². The average molecular weight is 196 g/mol. The molecule has 0 N–H and O–H groups in total. The van der Waals surface area contributed by atoms with Crippen LogP contribution in [-0.4, -0.2) is 0 Å². The van der Waals surface area contributed by atoms with E-state index in [1.807, 2.05) is 0 Å². The van der Waals surface area contributed by atoms with Gasteiger partial charge < -0.3 is 0 Å². The second-order valence-corrected chi connectivity index (χ2v) is 5.51. The van der Waals surface area contributed by atoms with E-state index in [9.17, 15) is 0 Å². The highest BCUT2D eigenvalue weighted by molar-refractivity contribution is 5.04. The maximum Gasteiger partial charge on any atom is -0.0227 e. The number of allylic oxidation sites excluding steroid dienone is 1. The molecule has 0 nitrogen and oxygen atoms in total. The molecule has 0 aliphatic rings. The van der Waals surface area contributed by atoms with Crippen molar-refractivity contribution in [2.24, 2.45) is 17.3 Å². The van der Waals surface area contributed by atoms with Gasteiger partial charge in [0, 0.05) is 0 Å². The van der Waals surface area contributed by atoms with Crippen LogP contribution in [0.25, 0.3) is 0 Å². The van der Waals surface area contributed by atoms with Crippen LogP contribution < -0.4 is 0 Å². The molecule has 2 atom stereocenters. The zero-order valence-electron chi connectivity index (χ0n) is 11.0. The van der Waals surface area contributed by atoms with Crippen LogP contribution in [-0.2, 0) is 0 Å². The van der Waals surface area contributed by atoms with Crippen LogP contribution >= 0.6 is 0 Å². The van der Waals surface area contributed by atoms with E-state index in [1.54, 1.807) is 0 Å². The second kappa shape index (κ2) is 5.58. The molecule has 0 amide bonds. The van der Waals surface area contributed by atoms with Gasteiger partial charge in [-0.25, -0.2) is 0 Å². The first-order chi connectivity index (χ1) is 6.34. The van der Waals surface area contributed by atoms with E-state index in [-0.39, 0.29) is 0 Å². The standard InChI is InChI=1S/C14H28/c1-8-11(3)13(5)12(4)10-14(6,7)9-2/h11-12H,5,8-10H2,1-4,6-7H3/t11-,12?/m0/s1. The third-order valence-corrected chi connectivity index (χ3v) is 3.69. The van der Waals surface area contributed by atoms with E-state index < -0.39 is 0 Å². The summed E-state index contributed by atoms with van der Waals surface area (Å²) in [4.78, 5) is 0. The third-order valence-electron chi connectivity index (χ3n) is 3.69. The molecule has 0 aliphatic heterocycles. The quantitative estimate of drug-likeness (QED) is 0.521. The lowest BCUT2D eigenvalue weighted by molar-refractivity contribution is 0.276. The van der Waals surface area contributed by atoms with E-state index in [2.05, 4.69) is 48.1 Å². The van der Waals surface area contributed by atoms with E-state index >= 15 is 0 Å². The van der Waals surface area contributed by atoms with Crippen LogP contribution in [0.2, 0.25) is 0 Å². The average Bonchev–Trinajstić information content (AvgIpc) is 2.14. The number of hydrogen-bond acceptors (Lipinski definition) is 0. The minimum Gasteiger partial charge on any atom is -0.0993 e. The molecule has 0 bridgehead atoms. The molecular weight excluding hydrogens is 168 g/mol. The molecule has 0 saturated carbocycles. The minimum absolute atomic E-state index is 0.468. The van der Waals surface area contributed by atoms with Crippen molar-refractivity contribution in [3.8, 4) is 0 Å². The van der Waals surface area contributed by atoms with Gasteiger partial charge in [0.15, 0.2) is 0 Å². The Bertz CT molecular complexity index is 176. The van der Waals surface area contributed by atoms with Crippen molar-refractivity contribution in [2.75, 3.05) is 0 Å². The summed E-state index contributed by atoms with van der Waals surface area (Å²) in [5.41, 5.74) is 1.91. The zero-order chi connectivity index (χ0) is 11.4. The highest BCUT2D eigenvalue weighted by Gasteiger charge is 2.21. The van der Waals surface area contributed by atoms with Gasteiger partial charge in [0.2, 0.25) is 0 Å². The largest absolute Gasteiger partial charge is 0.0993 e. The molecule has 0 aliphatic carbocycles. The first-order valence-corrected chi connectivity index (χ1v) is 6.02. The molecule has 0 heteroatoms. The molecule has 0 aromatic carbocycles. The van der Waals surface area contributed by atoms with Crippen molar-refractivity contribution in [1.29, 1.82) is 0 Å². The fraction of sp³-hybridized carbons (Fsp3) is 0.857. The predicted octanol–water partition coefficient (Wildman–Crippen LogP) is 5.05. The highest BCUT2D eigenvalue weighted by Crippen LogP contribution is 2.34. The molecule has 1 unspecified atom stereocenters. The van der Waals surface area contributed by atoms with Gasteiger partial charge in [-0.1, -0.05) is 60.1 Å². The van der Waals surface area contributed by atoms with E-state index in [0.29, 0.717) is 17.3 Å². The Labute approximate surface area is 90.8 Å². The van der Waals surface area contributed by atoms with Crippen molar-refractivity contribution in [2.45, 2.75) is 60.8 Å². The van der Waals surface area contributed by atoms with Gasteiger partial charge >= 0.3 is 0 Å². The summed E-state index contributed by atoms with van der Waals surface area (Å²) in [5.74, 6) is 1.34. The van der Waals surface area contributed by atoms with Gasteiger partial charge in [-0.05, 0) is 30.1 Å². The summed E-state index contributed by atoms with van der Waals surface area (Å²) in [6.45, 7) is 18.1. The Hall–Kier alpha value is -0.260. The van der Waals surface area contributed by atoms with Gasteiger partial charge in [0.1, 0.15) is 0 Å². The zero-order valence-corrected chi connectivity index (χ0v) is 11.0. The van der Waals surface area contributed by atoms with Crippen LogP contribution in [0.5, 0.6) is 0 Å². The highest BCUT2D eigenvalue weighted by atomic mass is 14.3. The fourth-order valence-corrected chi connectivity index (χ4v) is 1.85. The summed E-state index contributed by atoms with van der Waals surface area (Å²) in [7, 11) is 0. The van der Waals surface area contributed by atoms with Crippen molar-refractivity contribution >= 4 is 0 Å². The Balaban J connectivity index is 4.21.